The minimum absolute atomic E-state index is 0.189. The van der Waals surface area contributed by atoms with E-state index in [1.807, 2.05) is 48.5 Å². The predicted molar refractivity (Wildman–Crippen MR) is 119 cm³/mol. The van der Waals surface area contributed by atoms with E-state index in [4.69, 9.17) is 9.47 Å². The van der Waals surface area contributed by atoms with E-state index in [1.165, 1.54) is 4.90 Å². The van der Waals surface area contributed by atoms with Gasteiger partial charge in [0.1, 0.15) is 17.2 Å². The Hall–Kier alpha value is -3.28. The average molecular weight is 421 g/mol. The smallest absolute Gasteiger partial charge is 0.277 e. The Morgan fingerprint density at radius 3 is 1.94 bits per heavy atom. The van der Waals surface area contributed by atoms with Crippen LogP contribution in [0.5, 0.6) is 11.5 Å². The number of nitrogens with zero attached hydrogens (tertiary/aromatic N) is 2. The Labute approximate surface area is 183 Å². The summed E-state index contributed by atoms with van der Waals surface area (Å²) in [6.45, 7) is 1.96. The highest BCUT2D eigenvalue weighted by atomic mass is 16.5. The van der Waals surface area contributed by atoms with Crippen molar-refractivity contribution >= 4 is 17.4 Å². The fourth-order valence-corrected chi connectivity index (χ4v) is 4.23. The van der Waals surface area contributed by atoms with Crippen LogP contribution in [0.3, 0.4) is 0 Å². The van der Waals surface area contributed by atoms with Crippen LogP contribution in [-0.4, -0.2) is 55.5 Å². The van der Waals surface area contributed by atoms with E-state index in [0.29, 0.717) is 24.2 Å². The summed E-state index contributed by atoms with van der Waals surface area (Å²) < 4.78 is 10.5. The van der Waals surface area contributed by atoms with Gasteiger partial charge in [0.2, 0.25) is 0 Å². The summed E-state index contributed by atoms with van der Waals surface area (Å²) in [5.74, 6) is 1.10. The Bertz CT molecular complexity index is 974. The Morgan fingerprint density at radius 1 is 0.774 bits per heavy atom. The van der Waals surface area contributed by atoms with E-state index in [0.717, 1.165) is 55.0 Å². The second-order valence-corrected chi connectivity index (χ2v) is 7.86. The molecule has 1 fully saturated rings. The summed E-state index contributed by atoms with van der Waals surface area (Å²) in [5.41, 5.74) is 2.86. The maximum Gasteiger partial charge on any atom is 0.277 e. The molecule has 2 aromatic rings. The summed E-state index contributed by atoms with van der Waals surface area (Å²) >= 11 is 0. The van der Waals surface area contributed by atoms with Crippen LogP contribution in [0.1, 0.15) is 30.4 Å². The lowest BCUT2D eigenvalue weighted by Gasteiger charge is -2.29. The molecule has 0 spiro atoms. The maximum absolute atomic E-state index is 13.4. The Kier molecular flexibility index (Phi) is 6.26. The minimum Gasteiger partial charge on any atom is -0.497 e. The number of hydrogen-bond acceptors (Lipinski definition) is 5. The molecule has 2 aromatic carbocycles. The molecule has 0 atom stereocenters. The van der Waals surface area contributed by atoms with Crippen molar-refractivity contribution in [2.75, 3.05) is 33.9 Å². The van der Waals surface area contributed by atoms with E-state index >= 15 is 0 Å². The first kappa shape index (κ1) is 21.0. The van der Waals surface area contributed by atoms with Gasteiger partial charge in [-0.15, -0.1) is 0 Å². The molecule has 0 N–H and O–H groups in total. The number of carbonyl (C=O) groups is 2. The number of carbonyl (C=O) groups excluding carboxylic acids is 2. The van der Waals surface area contributed by atoms with Gasteiger partial charge in [-0.3, -0.25) is 14.5 Å². The van der Waals surface area contributed by atoms with Gasteiger partial charge in [-0.1, -0.05) is 24.3 Å². The van der Waals surface area contributed by atoms with Crippen molar-refractivity contribution in [3.63, 3.8) is 0 Å². The SMILES string of the molecule is COc1ccc(CCN2C(=O)C(c3ccc(OC)cc3)=C(N3CCCCC3)C2=O)cc1. The quantitative estimate of drug-likeness (QED) is 0.642. The molecule has 2 heterocycles. The fourth-order valence-electron chi connectivity index (χ4n) is 4.23. The molecule has 4 rings (SSSR count). The molecule has 0 unspecified atom stereocenters. The van der Waals surface area contributed by atoms with Crippen molar-refractivity contribution in [3.05, 3.63) is 65.4 Å². The van der Waals surface area contributed by atoms with Gasteiger partial charge in [-0.2, -0.15) is 0 Å². The molecule has 0 aliphatic carbocycles. The highest BCUT2D eigenvalue weighted by molar-refractivity contribution is 6.35. The summed E-state index contributed by atoms with van der Waals surface area (Å²) in [7, 11) is 3.24. The van der Waals surface area contributed by atoms with E-state index in [2.05, 4.69) is 4.90 Å². The molecule has 0 saturated carbocycles. The van der Waals surface area contributed by atoms with Gasteiger partial charge in [0.15, 0.2) is 0 Å². The second-order valence-electron chi connectivity index (χ2n) is 7.86. The zero-order chi connectivity index (χ0) is 21.8. The third-order valence-electron chi connectivity index (χ3n) is 5.98. The van der Waals surface area contributed by atoms with Crippen LogP contribution in [0.2, 0.25) is 0 Å². The van der Waals surface area contributed by atoms with Crippen molar-refractivity contribution in [1.29, 1.82) is 0 Å². The number of likely N-dealkylation sites (tertiary alicyclic amines) is 1. The third-order valence-corrected chi connectivity index (χ3v) is 5.98. The highest BCUT2D eigenvalue weighted by Crippen LogP contribution is 2.34. The average Bonchev–Trinajstić information content (AvgIpc) is 3.08. The van der Waals surface area contributed by atoms with Crippen LogP contribution in [0.4, 0.5) is 0 Å². The lowest BCUT2D eigenvalue weighted by atomic mass is 10.0. The van der Waals surface area contributed by atoms with Gasteiger partial charge >= 0.3 is 0 Å². The zero-order valence-electron chi connectivity index (χ0n) is 18.1. The largest absolute Gasteiger partial charge is 0.497 e. The first-order valence-corrected chi connectivity index (χ1v) is 10.7. The van der Waals surface area contributed by atoms with Crippen LogP contribution in [-0.2, 0) is 16.0 Å². The first-order valence-electron chi connectivity index (χ1n) is 10.7. The van der Waals surface area contributed by atoms with Crippen molar-refractivity contribution in [3.8, 4) is 11.5 Å². The fraction of sp³-hybridized carbons (Fsp3) is 0.360. The zero-order valence-corrected chi connectivity index (χ0v) is 18.1. The summed E-state index contributed by atoms with van der Waals surface area (Å²) in [6.07, 6.45) is 3.83. The van der Waals surface area contributed by atoms with Gasteiger partial charge < -0.3 is 14.4 Å². The number of rotatable bonds is 7. The Morgan fingerprint density at radius 2 is 1.35 bits per heavy atom. The van der Waals surface area contributed by atoms with Gasteiger partial charge in [-0.25, -0.2) is 0 Å². The van der Waals surface area contributed by atoms with Crippen LogP contribution < -0.4 is 9.47 Å². The predicted octanol–water partition coefficient (Wildman–Crippen LogP) is 3.51. The van der Waals surface area contributed by atoms with Gasteiger partial charge in [0.25, 0.3) is 11.8 Å². The number of hydrogen-bond donors (Lipinski definition) is 0. The maximum atomic E-state index is 13.4. The standard InChI is InChI=1S/C25H28N2O4/c1-30-20-10-6-18(7-11-20)14-17-27-24(28)22(19-8-12-21(31-2)13-9-19)23(25(27)29)26-15-4-3-5-16-26/h6-13H,3-5,14-17H2,1-2H3. The first-order chi connectivity index (χ1) is 15.1. The molecule has 0 radical (unpaired) electrons. The molecule has 31 heavy (non-hydrogen) atoms. The van der Waals surface area contributed by atoms with Gasteiger partial charge in [0.05, 0.1) is 19.8 Å². The van der Waals surface area contributed by atoms with Gasteiger partial charge in [-0.05, 0) is 61.1 Å². The van der Waals surface area contributed by atoms with Crippen molar-refractivity contribution in [2.45, 2.75) is 25.7 Å². The molecular formula is C25H28N2O4. The monoisotopic (exact) mass is 420 g/mol. The van der Waals surface area contributed by atoms with Crippen molar-refractivity contribution in [1.82, 2.24) is 9.80 Å². The number of piperidine rings is 1. The molecule has 2 amide bonds. The third kappa shape index (κ3) is 4.29. The van der Waals surface area contributed by atoms with E-state index in [1.54, 1.807) is 14.2 Å². The number of amides is 2. The van der Waals surface area contributed by atoms with E-state index < -0.39 is 0 Å². The molecule has 1 saturated heterocycles. The summed E-state index contributed by atoms with van der Waals surface area (Å²) in [4.78, 5) is 30.3. The number of imide groups is 1. The molecule has 6 heteroatoms. The van der Waals surface area contributed by atoms with Crippen LogP contribution in [0, 0.1) is 0 Å². The van der Waals surface area contributed by atoms with Crippen molar-refractivity contribution in [2.24, 2.45) is 0 Å². The molecule has 162 valence electrons. The lowest BCUT2D eigenvalue weighted by Crippen LogP contribution is -2.38. The summed E-state index contributed by atoms with van der Waals surface area (Å²) in [5, 5.41) is 0. The van der Waals surface area contributed by atoms with Crippen LogP contribution >= 0.6 is 0 Å². The molecule has 0 bridgehead atoms. The molecule has 2 aliphatic rings. The van der Waals surface area contributed by atoms with Crippen LogP contribution in [0.15, 0.2) is 54.2 Å². The lowest BCUT2D eigenvalue weighted by molar-refractivity contribution is -0.137. The number of methoxy groups -OCH3 is 2. The van der Waals surface area contributed by atoms with E-state index in [-0.39, 0.29) is 11.8 Å². The molecule has 0 aromatic heterocycles. The minimum atomic E-state index is -0.218. The second kappa shape index (κ2) is 9.25. The highest BCUT2D eigenvalue weighted by Gasteiger charge is 2.41. The molecule has 6 nitrogen and oxygen atoms in total. The summed E-state index contributed by atoms with van der Waals surface area (Å²) in [6, 6.07) is 15.1. The molecule has 2 aliphatic heterocycles. The molecular weight excluding hydrogens is 392 g/mol. The number of benzene rings is 2. The topological polar surface area (TPSA) is 59.1 Å². The van der Waals surface area contributed by atoms with Gasteiger partial charge in [0, 0.05) is 19.6 Å². The Balaban J connectivity index is 1.60. The number of ether oxygens (including phenoxy) is 2. The normalized spacial score (nSPS) is 16.8. The van der Waals surface area contributed by atoms with E-state index in [9.17, 15) is 9.59 Å². The van der Waals surface area contributed by atoms with Crippen molar-refractivity contribution < 1.29 is 19.1 Å². The van der Waals surface area contributed by atoms with Crippen LogP contribution in [0.25, 0.3) is 5.57 Å².